The molecule has 0 bridgehead atoms. The van der Waals surface area contributed by atoms with Gasteiger partial charge < -0.3 is 10.1 Å². The Labute approximate surface area is 211 Å². The summed E-state index contributed by atoms with van der Waals surface area (Å²) in [5, 5.41) is 4.20. The van der Waals surface area contributed by atoms with Crippen molar-refractivity contribution in [3.8, 4) is 5.75 Å². The summed E-state index contributed by atoms with van der Waals surface area (Å²) >= 11 is 1.36. The normalized spacial score (nSPS) is 15.6. The summed E-state index contributed by atoms with van der Waals surface area (Å²) in [5.41, 5.74) is 2.37. The molecule has 1 fully saturated rings. The van der Waals surface area contributed by atoms with E-state index in [2.05, 4.69) is 10.0 Å². The van der Waals surface area contributed by atoms with Gasteiger partial charge in [-0.15, -0.1) is 0 Å². The maximum Gasteiger partial charge on any atom is 0.240 e. The molecular weight excluding hydrogens is 482 g/mol. The molecule has 186 valence electrons. The second-order valence-electron chi connectivity index (χ2n) is 8.86. The number of fused-ring (bicyclic) bond motifs is 1. The third-order valence-electron chi connectivity index (χ3n) is 6.23. The van der Waals surface area contributed by atoms with Crippen molar-refractivity contribution < 1.29 is 17.9 Å². The molecule has 4 rings (SSSR count). The van der Waals surface area contributed by atoms with E-state index in [1.165, 1.54) is 23.9 Å². The number of carbonyl (C=O) groups is 1. The van der Waals surface area contributed by atoms with Crippen LogP contribution in [0.3, 0.4) is 0 Å². The summed E-state index contributed by atoms with van der Waals surface area (Å²) < 4.78 is 33.6. The molecule has 1 unspecified atom stereocenters. The monoisotopic (exact) mass is 513 g/mol. The first-order valence-electron chi connectivity index (χ1n) is 11.8. The molecule has 0 saturated heterocycles. The fourth-order valence-electron chi connectivity index (χ4n) is 4.29. The number of ether oxygens (including phenoxy) is 1. The van der Waals surface area contributed by atoms with E-state index >= 15 is 0 Å². The zero-order valence-electron chi connectivity index (χ0n) is 20.2. The molecule has 0 radical (unpaired) electrons. The van der Waals surface area contributed by atoms with Crippen molar-refractivity contribution in [2.24, 2.45) is 0 Å². The van der Waals surface area contributed by atoms with Crippen LogP contribution in [0.2, 0.25) is 0 Å². The first kappa shape index (κ1) is 25.5. The van der Waals surface area contributed by atoms with Crippen molar-refractivity contribution in [1.29, 1.82) is 0 Å². The lowest BCUT2D eigenvalue weighted by atomic mass is 9.96. The fourth-order valence-corrected chi connectivity index (χ4v) is 6.51. The summed E-state index contributed by atoms with van der Waals surface area (Å²) in [6.45, 7) is 3.83. The number of thioether (sulfide) groups is 1. The molecule has 1 aromatic heterocycles. The number of sulfonamides is 1. The minimum Gasteiger partial charge on any atom is -0.494 e. The predicted molar refractivity (Wildman–Crippen MR) is 141 cm³/mol. The highest BCUT2D eigenvalue weighted by atomic mass is 32.2. The lowest BCUT2D eigenvalue weighted by molar-refractivity contribution is -0.115. The van der Waals surface area contributed by atoms with Gasteiger partial charge in [0.1, 0.15) is 11.3 Å². The zero-order chi connectivity index (χ0) is 25.0. The molecule has 0 spiro atoms. The van der Waals surface area contributed by atoms with Crippen LogP contribution in [-0.2, 0) is 14.8 Å². The maximum absolute atomic E-state index is 12.8. The molecule has 2 aromatic carbocycles. The van der Waals surface area contributed by atoms with Crippen LogP contribution in [0, 0.1) is 6.92 Å². The fraction of sp³-hybridized carbons (Fsp3) is 0.385. The van der Waals surface area contributed by atoms with Gasteiger partial charge in [0.15, 0.2) is 0 Å². The Bertz CT molecular complexity index is 1300. The number of hydrogen-bond acceptors (Lipinski definition) is 6. The molecule has 1 saturated carbocycles. The highest BCUT2D eigenvalue weighted by molar-refractivity contribution is 8.00. The van der Waals surface area contributed by atoms with Crippen LogP contribution in [0.25, 0.3) is 10.9 Å². The number of nitrogens with zero attached hydrogens (tertiary/aromatic N) is 1. The van der Waals surface area contributed by atoms with Crippen LogP contribution in [0.4, 0.5) is 5.69 Å². The molecular formula is C26H31N3O4S2. The van der Waals surface area contributed by atoms with Gasteiger partial charge in [0.25, 0.3) is 0 Å². The average molecular weight is 514 g/mol. The number of amides is 1. The summed E-state index contributed by atoms with van der Waals surface area (Å²) in [7, 11) is -1.96. The van der Waals surface area contributed by atoms with Crippen molar-refractivity contribution >= 4 is 44.3 Å². The van der Waals surface area contributed by atoms with Crippen molar-refractivity contribution in [3.63, 3.8) is 0 Å². The summed E-state index contributed by atoms with van der Waals surface area (Å²) in [6.07, 6.45) is 5.02. The SMILES string of the molecule is COc1cccc2c(C)cc(SC(C)C(=O)Nc3ccc(S(=O)(=O)NC4CCCCC4)cc3)nc12. The predicted octanol–water partition coefficient (Wildman–Crippen LogP) is 5.28. The van der Waals surface area contributed by atoms with Gasteiger partial charge in [0.2, 0.25) is 15.9 Å². The van der Waals surface area contributed by atoms with Crippen LogP contribution in [0.5, 0.6) is 5.75 Å². The highest BCUT2D eigenvalue weighted by Gasteiger charge is 2.22. The molecule has 3 aromatic rings. The number of aromatic nitrogens is 1. The van der Waals surface area contributed by atoms with Gasteiger partial charge in [0.05, 0.1) is 22.3 Å². The quantitative estimate of drug-likeness (QED) is 0.398. The number of benzene rings is 2. The van der Waals surface area contributed by atoms with E-state index in [0.717, 1.165) is 53.6 Å². The van der Waals surface area contributed by atoms with E-state index in [-0.39, 0.29) is 16.8 Å². The Balaban J connectivity index is 1.40. The lowest BCUT2D eigenvalue weighted by Crippen LogP contribution is -2.36. The van der Waals surface area contributed by atoms with Crippen LogP contribution >= 0.6 is 11.8 Å². The van der Waals surface area contributed by atoms with E-state index in [4.69, 9.17) is 9.72 Å². The first-order chi connectivity index (χ1) is 16.8. The van der Waals surface area contributed by atoms with Gasteiger partial charge in [-0.3, -0.25) is 4.79 Å². The van der Waals surface area contributed by atoms with Crippen molar-refractivity contribution in [1.82, 2.24) is 9.71 Å². The second kappa shape index (κ2) is 11.0. The van der Waals surface area contributed by atoms with Crippen LogP contribution in [0.15, 0.2) is 58.5 Å². The third-order valence-corrected chi connectivity index (χ3v) is 8.79. The number of nitrogens with one attached hydrogen (secondary N) is 2. The Hall–Kier alpha value is -2.62. The van der Waals surface area contributed by atoms with Gasteiger partial charge in [-0.1, -0.05) is 43.2 Å². The van der Waals surface area contributed by atoms with Crippen molar-refractivity contribution in [2.75, 3.05) is 12.4 Å². The largest absolute Gasteiger partial charge is 0.494 e. The summed E-state index contributed by atoms with van der Waals surface area (Å²) in [5.74, 6) is 0.503. The third kappa shape index (κ3) is 6.15. The van der Waals surface area contributed by atoms with Crippen LogP contribution in [0.1, 0.15) is 44.6 Å². The molecule has 35 heavy (non-hydrogen) atoms. The lowest BCUT2D eigenvalue weighted by Gasteiger charge is -2.22. The van der Waals surface area contributed by atoms with Gasteiger partial charge in [-0.2, -0.15) is 0 Å². The molecule has 1 amide bonds. The Morgan fingerprint density at radius 2 is 1.83 bits per heavy atom. The van der Waals surface area contributed by atoms with E-state index in [1.807, 2.05) is 38.1 Å². The van der Waals surface area contributed by atoms with Crippen LogP contribution < -0.4 is 14.8 Å². The molecule has 1 aliphatic rings. The standard InChI is InChI=1S/C26H31N3O4S2/c1-17-16-24(28-25-22(17)10-7-11-23(25)33-3)34-18(2)26(30)27-19-12-14-21(15-13-19)35(31,32)29-20-8-5-4-6-9-20/h7,10-16,18,20,29H,4-6,8-9H2,1-3H3,(H,27,30). The maximum atomic E-state index is 12.8. The number of carbonyl (C=O) groups excluding carboxylic acids is 1. The van der Waals surface area contributed by atoms with E-state index < -0.39 is 15.3 Å². The average Bonchev–Trinajstić information content (AvgIpc) is 2.84. The Morgan fingerprint density at radius 3 is 2.51 bits per heavy atom. The molecule has 9 heteroatoms. The van der Waals surface area contributed by atoms with Crippen LogP contribution in [-0.4, -0.2) is 37.7 Å². The topological polar surface area (TPSA) is 97.4 Å². The molecule has 1 aliphatic carbocycles. The number of aryl methyl sites for hydroxylation is 1. The number of methoxy groups -OCH3 is 1. The van der Waals surface area contributed by atoms with Gasteiger partial charge >= 0.3 is 0 Å². The molecule has 0 aliphatic heterocycles. The molecule has 1 heterocycles. The molecule has 1 atom stereocenters. The van der Waals surface area contributed by atoms with Gasteiger partial charge in [-0.05, 0) is 68.7 Å². The number of para-hydroxylation sites is 1. The number of hydrogen-bond donors (Lipinski definition) is 2. The van der Waals surface area contributed by atoms with E-state index in [9.17, 15) is 13.2 Å². The summed E-state index contributed by atoms with van der Waals surface area (Å²) in [4.78, 5) is 17.7. The number of pyridine rings is 1. The highest BCUT2D eigenvalue weighted by Crippen LogP contribution is 2.31. The summed E-state index contributed by atoms with van der Waals surface area (Å²) in [6, 6.07) is 14.1. The Morgan fingerprint density at radius 1 is 1.11 bits per heavy atom. The smallest absolute Gasteiger partial charge is 0.240 e. The van der Waals surface area contributed by atoms with E-state index in [0.29, 0.717) is 11.4 Å². The van der Waals surface area contributed by atoms with Gasteiger partial charge in [0, 0.05) is 17.1 Å². The number of rotatable bonds is 8. The minimum absolute atomic E-state index is 0.00155. The minimum atomic E-state index is -3.58. The number of anilines is 1. The molecule has 7 nitrogen and oxygen atoms in total. The molecule has 2 N–H and O–H groups in total. The van der Waals surface area contributed by atoms with Gasteiger partial charge in [-0.25, -0.2) is 18.1 Å². The van der Waals surface area contributed by atoms with Crippen molar-refractivity contribution in [3.05, 3.63) is 54.1 Å². The Kier molecular flexibility index (Phi) is 7.98. The first-order valence-corrected chi connectivity index (χ1v) is 14.2. The van der Waals surface area contributed by atoms with E-state index in [1.54, 1.807) is 19.2 Å². The second-order valence-corrected chi connectivity index (χ2v) is 11.9. The van der Waals surface area contributed by atoms with Crippen molar-refractivity contribution in [2.45, 2.75) is 67.2 Å². The zero-order valence-corrected chi connectivity index (χ0v) is 21.8.